The van der Waals surface area contributed by atoms with Crippen molar-refractivity contribution in [2.24, 2.45) is 0 Å². The lowest BCUT2D eigenvalue weighted by molar-refractivity contribution is 0.390. The first-order valence-corrected chi connectivity index (χ1v) is 11.0. The molecule has 0 fully saturated rings. The lowest BCUT2D eigenvalue weighted by Crippen LogP contribution is -2.40. The SMILES string of the molecule is Cc1noc(C)c1S(=O)(=O)NC1CCN(S(C)(=O)=O)c2ccccc21. The van der Waals surface area contributed by atoms with Gasteiger partial charge in [0, 0.05) is 6.54 Å². The third-order valence-corrected chi connectivity index (χ3v) is 7.03. The summed E-state index contributed by atoms with van der Waals surface area (Å²) in [5.41, 5.74) is 1.39. The Balaban J connectivity index is 2.00. The molecule has 3 rings (SSSR count). The molecule has 0 amide bonds. The summed E-state index contributed by atoms with van der Waals surface area (Å²) in [6.45, 7) is 3.30. The van der Waals surface area contributed by atoms with E-state index >= 15 is 0 Å². The second-order valence-electron chi connectivity index (χ2n) is 6.01. The number of nitrogens with zero attached hydrogens (tertiary/aromatic N) is 2. The largest absolute Gasteiger partial charge is 0.360 e. The first kappa shape index (κ1) is 17.9. The number of nitrogens with one attached hydrogen (secondary N) is 1. The Bertz CT molecular complexity index is 992. The van der Waals surface area contributed by atoms with Gasteiger partial charge < -0.3 is 4.52 Å². The zero-order valence-corrected chi connectivity index (χ0v) is 15.7. The van der Waals surface area contributed by atoms with E-state index in [1.165, 1.54) is 11.2 Å². The fourth-order valence-electron chi connectivity index (χ4n) is 3.10. The molecule has 0 spiro atoms. The molecular weight excluding hydrogens is 366 g/mol. The van der Waals surface area contributed by atoms with Crippen molar-refractivity contribution in [2.75, 3.05) is 17.1 Å². The third-order valence-electron chi connectivity index (χ3n) is 4.14. The fraction of sp³-hybridized carbons (Fsp3) is 0.400. The Morgan fingerprint density at radius 1 is 1.20 bits per heavy atom. The molecule has 0 saturated carbocycles. The second-order valence-corrected chi connectivity index (χ2v) is 9.57. The van der Waals surface area contributed by atoms with Crippen LogP contribution < -0.4 is 9.03 Å². The molecule has 1 aromatic heterocycles. The van der Waals surface area contributed by atoms with E-state index in [4.69, 9.17) is 4.52 Å². The number of fused-ring (bicyclic) bond motifs is 1. The van der Waals surface area contributed by atoms with E-state index in [9.17, 15) is 16.8 Å². The van der Waals surface area contributed by atoms with Crippen LogP contribution in [-0.4, -0.2) is 34.8 Å². The molecule has 8 nitrogen and oxygen atoms in total. The van der Waals surface area contributed by atoms with E-state index in [0.717, 1.165) is 6.26 Å². The first-order chi connectivity index (χ1) is 11.6. The average molecular weight is 385 g/mol. The normalized spacial score (nSPS) is 18.2. The van der Waals surface area contributed by atoms with Gasteiger partial charge in [0.15, 0.2) is 5.76 Å². The minimum atomic E-state index is -3.85. The van der Waals surface area contributed by atoms with Gasteiger partial charge in [-0.05, 0) is 31.9 Å². The molecule has 1 unspecified atom stereocenters. The molecule has 1 aromatic carbocycles. The smallest absolute Gasteiger partial charge is 0.246 e. The molecule has 1 N–H and O–H groups in total. The summed E-state index contributed by atoms with van der Waals surface area (Å²) in [5, 5.41) is 3.68. The Kier molecular flexibility index (Phi) is 4.38. The fourth-order valence-corrected chi connectivity index (χ4v) is 5.64. The van der Waals surface area contributed by atoms with Crippen LogP contribution >= 0.6 is 0 Å². The molecule has 10 heteroatoms. The quantitative estimate of drug-likeness (QED) is 0.854. The van der Waals surface area contributed by atoms with E-state index in [2.05, 4.69) is 9.88 Å². The first-order valence-electron chi connectivity index (χ1n) is 7.63. The van der Waals surface area contributed by atoms with Crippen molar-refractivity contribution < 1.29 is 21.4 Å². The summed E-state index contributed by atoms with van der Waals surface area (Å²) >= 11 is 0. The lowest BCUT2D eigenvalue weighted by atomic mass is 9.99. The van der Waals surface area contributed by atoms with E-state index in [-0.39, 0.29) is 22.9 Å². The molecular formula is C15H19N3O5S2. The van der Waals surface area contributed by atoms with Crippen molar-refractivity contribution >= 4 is 25.7 Å². The van der Waals surface area contributed by atoms with Gasteiger partial charge in [-0.1, -0.05) is 23.4 Å². The van der Waals surface area contributed by atoms with Crippen LogP contribution in [0.4, 0.5) is 5.69 Å². The number of anilines is 1. The summed E-state index contributed by atoms with van der Waals surface area (Å²) in [4.78, 5) is 0.0236. The van der Waals surface area contributed by atoms with Gasteiger partial charge in [0.25, 0.3) is 0 Å². The highest BCUT2D eigenvalue weighted by molar-refractivity contribution is 7.92. The summed E-state index contributed by atoms with van der Waals surface area (Å²) < 4.78 is 58.4. The van der Waals surface area contributed by atoms with Crippen LogP contribution in [0.2, 0.25) is 0 Å². The highest BCUT2D eigenvalue weighted by Gasteiger charge is 2.34. The molecule has 2 heterocycles. The van der Waals surface area contributed by atoms with Crippen LogP contribution in [0, 0.1) is 13.8 Å². The molecule has 1 atom stereocenters. The maximum atomic E-state index is 12.7. The Morgan fingerprint density at radius 3 is 2.48 bits per heavy atom. The monoisotopic (exact) mass is 385 g/mol. The topological polar surface area (TPSA) is 110 Å². The zero-order chi connectivity index (χ0) is 18.4. The van der Waals surface area contributed by atoms with Gasteiger partial charge >= 0.3 is 0 Å². The number of hydrogen-bond acceptors (Lipinski definition) is 6. The summed E-state index contributed by atoms with van der Waals surface area (Å²) in [6, 6.07) is 6.34. The summed E-state index contributed by atoms with van der Waals surface area (Å²) in [6.07, 6.45) is 1.46. The van der Waals surface area contributed by atoms with Crippen LogP contribution in [0.25, 0.3) is 0 Å². The van der Waals surface area contributed by atoms with Gasteiger partial charge in [-0.15, -0.1) is 0 Å². The lowest BCUT2D eigenvalue weighted by Gasteiger charge is -2.34. The van der Waals surface area contributed by atoms with Crippen molar-refractivity contribution in [3.8, 4) is 0 Å². The van der Waals surface area contributed by atoms with Gasteiger partial charge in [0.1, 0.15) is 10.6 Å². The predicted octanol–water partition coefficient (Wildman–Crippen LogP) is 1.48. The molecule has 0 aliphatic carbocycles. The van der Waals surface area contributed by atoms with Crippen molar-refractivity contribution in [1.29, 1.82) is 0 Å². The van der Waals surface area contributed by atoms with Crippen molar-refractivity contribution in [3.05, 3.63) is 41.3 Å². The molecule has 25 heavy (non-hydrogen) atoms. The number of para-hydroxylation sites is 1. The Morgan fingerprint density at radius 2 is 1.88 bits per heavy atom. The minimum Gasteiger partial charge on any atom is -0.360 e. The van der Waals surface area contributed by atoms with Gasteiger partial charge in [-0.3, -0.25) is 4.31 Å². The molecule has 1 aliphatic rings. The van der Waals surface area contributed by atoms with Crippen LogP contribution in [0.1, 0.15) is 29.5 Å². The van der Waals surface area contributed by atoms with E-state index in [1.807, 2.05) is 0 Å². The van der Waals surface area contributed by atoms with Crippen molar-refractivity contribution in [3.63, 3.8) is 0 Å². The standard InChI is InChI=1S/C15H19N3O5S2/c1-10-15(11(2)23-16-10)25(21,22)17-13-8-9-18(24(3,19)20)14-7-5-4-6-12(13)14/h4-7,13,17H,8-9H2,1-3H3. The average Bonchev–Trinajstić information content (AvgIpc) is 2.85. The van der Waals surface area contributed by atoms with Gasteiger partial charge in [-0.2, -0.15) is 0 Å². The van der Waals surface area contributed by atoms with E-state index < -0.39 is 26.1 Å². The highest BCUT2D eigenvalue weighted by atomic mass is 32.2. The van der Waals surface area contributed by atoms with Gasteiger partial charge in [-0.25, -0.2) is 21.6 Å². The highest BCUT2D eigenvalue weighted by Crippen LogP contribution is 2.36. The van der Waals surface area contributed by atoms with E-state index in [0.29, 0.717) is 17.7 Å². The number of aromatic nitrogens is 1. The van der Waals surface area contributed by atoms with Crippen LogP contribution in [0.3, 0.4) is 0 Å². The Hall–Kier alpha value is -1.91. The van der Waals surface area contributed by atoms with E-state index in [1.54, 1.807) is 31.2 Å². The van der Waals surface area contributed by atoms with Crippen LogP contribution in [0.5, 0.6) is 0 Å². The number of rotatable bonds is 4. The number of sulfonamides is 2. The van der Waals surface area contributed by atoms with Crippen LogP contribution in [0.15, 0.2) is 33.7 Å². The minimum absolute atomic E-state index is 0.0236. The zero-order valence-electron chi connectivity index (χ0n) is 14.1. The maximum absolute atomic E-state index is 12.7. The molecule has 0 bridgehead atoms. The number of aryl methyl sites for hydroxylation is 2. The molecule has 0 radical (unpaired) electrons. The summed E-state index contributed by atoms with van der Waals surface area (Å²) in [5.74, 6) is 0.215. The van der Waals surface area contributed by atoms with Crippen molar-refractivity contribution in [1.82, 2.24) is 9.88 Å². The second kappa shape index (κ2) is 6.11. The third kappa shape index (κ3) is 3.29. The number of hydrogen-bond donors (Lipinski definition) is 1. The maximum Gasteiger partial charge on any atom is 0.246 e. The molecule has 2 aromatic rings. The van der Waals surface area contributed by atoms with Gasteiger partial charge in [0.05, 0.1) is 18.0 Å². The Labute approximate surface area is 146 Å². The molecule has 0 saturated heterocycles. The van der Waals surface area contributed by atoms with Gasteiger partial charge in [0.2, 0.25) is 20.0 Å². The van der Waals surface area contributed by atoms with Crippen molar-refractivity contribution in [2.45, 2.75) is 31.2 Å². The summed E-state index contributed by atoms with van der Waals surface area (Å²) in [7, 11) is -7.28. The number of benzene rings is 1. The molecule has 1 aliphatic heterocycles. The predicted molar refractivity (Wildman–Crippen MR) is 92.3 cm³/mol. The molecule has 136 valence electrons. The van der Waals surface area contributed by atoms with Crippen LogP contribution in [-0.2, 0) is 20.0 Å².